The minimum Gasteiger partial charge on any atom is -0.374 e. The molecule has 2 saturated heterocycles. The molecule has 7 heteroatoms. The third-order valence-corrected chi connectivity index (χ3v) is 5.47. The zero-order valence-electron chi connectivity index (χ0n) is 10.6. The van der Waals surface area contributed by atoms with Gasteiger partial charge in [0.15, 0.2) is 0 Å². The molecule has 5 nitrogen and oxygen atoms in total. The molecule has 0 aliphatic carbocycles. The Labute approximate surface area is 126 Å². The summed E-state index contributed by atoms with van der Waals surface area (Å²) in [6.45, 7) is 1.31. The second kappa shape index (κ2) is 5.38. The number of halogens is 1. The molecular formula is C13H15BrO5S. The normalized spacial score (nSPS) is 33.3. The molecule has 0 radical (unpaired) electrons. The molecule has 0 bridgehead atoms. The second-order valence-corrected chi connectivity index (χ2v) is 7.79. The predicted octanol–water partition coefficient (Wildman–Crippen LogP) is 1.65. The monoisotopic (exact) mass is 362 g/mol. The fraction of sp³-hybridized carbons (Fsp3) is 0.538. The van der Waals surface area contributed by atoms with Crippen molar-refractivity contribution in [3.8, 4) is 0 Å². The first-order valence-corrected chi connectivity index (χ1v) is 8.74. The van der Waals surface area contributed by atoms with Crippen LogP contribution in [0.4, 0.5) is 0 Å². The maximum absolute atomic E-state index is 11.0. The molecule has 0 aromatic heterocycles. The lowest BCUT2D eigenvalue weighted by Crippen LogP contribution is -2.27. The van der Waals surface area contributed by atoms with Gasteiger partial charge in [-0.2, -0.15) is 8.42 Å². The quantitative estimate of drug-likeness (QED) is 0.653. The van der Waals surface area contributed by atoms with Gasteiger partial charge in [-0.3, -0.25) is 4.55 Å². The first kappa shape index (κ1) is 14.5. The van der Waals surface area contributed by atoms with Crippen molar-refractivity contribution in [1.82, 2.24) is 0 Å². The van der Waals surface area contributed by atoms with E-state index in [0.29, 0.717) is 13.2 Å². The summed E-state index contributed by atoms with van der Waals surface area (Å²) in [5, 5.41) is 0. The van der Waals surface area contributed by atoms with Crippen LogP contribution in [0.15, 0.2) is 29.2 Å². The van der Waals surface area contributed by atoms with E-state index < -0.39 is 10.1 Å². The van der Waals surface area contributed by atoms with Crippen molar-refractivity contribution >= 4 is 26.0 Å². The van der Waals surface area contributed by atoms with E-state index in [1.165, 1.54) is 12.1 Å². The standard InChI is InChI=1S/C13H15BrO5S/c14-11-7-19-12-9(6-18-13(11)12)5-8-1-3-10(4-2-8)20(15,16)17/h1-4,9,11-13H,5-7H2,(H,15,16,17)/t9?,11?,12-,13+/m0/s1. The summed E-state index contributed by atoms with van der Waals surface area (Å²) in [6, 6.07) is 6.27. The minimum atomic E-state index is -4.12. The predicted molar refractivity (Wildman–Crippen MR) is 75.6 cm³/mol. The van der Waals surface area contributed by atoms with Gasteiger partial charge in [-0.15, -0.1) is 0 Å². The maximum atomic E-state index is 11.0. The van der Waals surface area contributed by atoms with Gasteiger partial charge in [0.2, 0.25) is 0 Å². The molecule has 4 atom stereocenters. The van der Waals surface area contributed by atoms with Crippen molar-refractivity contribution in [1.29, 1.82) is 0 Å². The number of fused-ring (bicyclic) bond motifs is 1. The molecule has 2 fully saturated rings. The van der Waals surface area contributed by atoms with Crippen molar-refractivity contribution in [3.63, 3.8) is 0 Å². The topological polar surface area (TPSA) is 72.8 Å². The molecule has 1 aromatic rings. The molecule has 3 rings (SSSR count). The van der Waals surface area contributed by atoms with Crippen molar-refractivity contribution < 1.29 is 22.4 Å². The summed E-state index contributed by atoms with van der Waals surface area (Å²) in [4.78, 5) is 0.166. The molecular weight excluding hydrogens is 348 g/mol. The first-order valence-electron chi connectivity index (χ1n) is 6.39. The second-order valence-electron chi connectivity index (χ2n) is 5.20. The van der Waals surface area contributed by atoms with Gasteiger partial charge in [-0.05, 0) is 24.1 Å². The van der Waals surface area contributed by atoms with Gasteiger partial charge in [-0.1, -0.05) is 28.1 Å². The first-order chi connectivity index (χ1) is 9.45. The van der Waals surface area contributed by atoms with E-state index in [-0.39, 0.29) is 27.8 Å². The number of alkyl halides is 1. The molecule has 0 saturated carbocycles. The van der Waals surface area contributed by atoms with Crippen LogP contribution >= 0.6 is 15.9 Å². The maximum Gasteiger partial charge on any atom is 0.294 e. The van der Waals surface area contributed by atoms with Gasteiger partial charge in [0.05, 0.1) is 35.1 Å². The summed E-state index contributed by atoms with van der Waals surface area (Å²) in [6.07, 6.45) is 0.977. The molecule has 1 aromatic carbocycles. The number of ether oxygens (including phenoxy) is 2. The van der Waals surface area contributed by atoms with Crippen molar-refractivity contribution in [2.45, 2.75) is 28.4 Å². The van der Waals surface area contributed by atoms with Gasteiger partial charge >= 0.3 is 0 Å². The fourth-order valence-corrected chi connectivity index (χ4v) is 3.89. The summed E-state index contributed by atoms with van der Waals surface area (Å²) >= 11 is 3.55. The number of hydrogen-bond acceptors (Lipinski definition) is 4. The Morgan fingerprint density at radius 1 is 1.15 bits per heavy atom. The van der Waals surface area contributed by atoms with Crippen LogP contribution in [0.1, 0.15) is 5.56 Å². The molecule has 110 valence electrons. The van der Waals surface area contributed by atoms with Gasteiger partial charge in [0.25, 0.3) is 10.1 Å². The highest BCUT2D eigenvalue weighted by atomic mass is 79.9. The minimum absolute atomic E-state index is 0.0839. The third-order valence-electron chi connectivity index (χ3n) is 3.81. The van der Waals surface area contributed by atoms with Crippen molar-refractivity contribution in [3.05, 3.63) is 29.8 Å². The average molecular weight is 363 g/mol. The van der Waals surface area contributed by atoms with Crippen LogP contribution in [0.2, 0.25) is 0 Å². The van der Waals surface area contributed by atoms with Gasteiger partial charge in [-0.25, -0.2) is 0 Å². The average Bonchev–Trinajstić information content (AvgIpc) is 2.94. The van der Waals surface area contributed by atoms with E-state index >= 15 is 0 Å². The Kier molecular flexibility index (Phi) is 3.89. The molecule has 1 N–H and O–H groups in total. The number of hydrogen-bond donors (Lipinski definition) is 1. The van der Waals surface area contributed by atoms with Gasteiger partial charge < -0.3 is 9.47 Å². The zero-order chi connectivity index (χ0) is 14.3. The number of rotatable bonds is 3. The lowest BCUT2D eigenvalue weighted by Gasteiger charge is -2.15. The van der Waals surface area contributed by atoms with Crippen LogP contribution in [0, 0.1) is 5.92 Å². The fourth-order valence-electron chi connectivity index (χ4n) is 2.81. The van der Waals surface area contributed by atoms with E-state index in [0.717, 1.165) is 12.0 Å². The largest absolute Gasteiger partial charge is 0.374 e. The smallest absolute Gasteiger partial charge is 0.294 e. The highest BCUT2D eigenvalue weighted by molar-refractivity contribution is 9.09. The van der Waals surface area contributed by atoms with Crippen LogP contribution in [0.25, 0.3) is 0 Å². The SMILES string of the molecule is O=S(=O)(O)c1ccc(CC2CO[C@@H]3C(Br)CO[C@@H]23)cc1. The van der Waals surface area contributed by atoms with Crippen molar-refractivity contribution in [2.75, 3.05) is 13.2 Å². The summed E-state index contributed by atoms with van der Waals surface area (Å²) in [5.41, 5.74) is 1.01. The lowest BCUT2D eigenvalue weighted by atomic mass is 9.94. The van der Waals surface area contributed by atoms with E-state index in [2.05, 4.69) is 15.9 Å². The zero-order valence-corrected chi connectivity index (χ0v) is 13.0. The lowest BCUT2D eigenvalue weighted by molar-refractivity contribution is 0.0637. The Morgan fingerprint density at radius 3 is 2.45 bits per heavy atom. The molecule has 0 spiro atoms. The molecule has 20 heavy (non-hydrogen) atoms. The Hall–Kier alpha value is -0.470. The molecule has 2 aliphatic rings. The van der Waals surface area contributed by atoms with E-state index in [9.17, 15) is 8.42 Å². The molecule has 2 heterocycles. The van der Waals surface area contributed by atoms with Gasteiger partial charge in [0, 0.05) is 5.92 Å². The summed E-state index contributed by atoms with van der Waals surface area (Å²) < 4.78 is 42.4. The number of benzene rings is 1. The Balaban J connectivity index is 1.70. The van der Waals surface area contributed by atoms with E-state index in [4.69, 9.17) is 14.0 Å². The summed E-state index contributed by atoms with van der Waals surface area (Å²) in [5.74, 6) is 0.277. The highest BCUT2D eigenvalue weighted by Gasteiger charge is 2.46. The molecule has 0 amide bonds. The van der Waals surface area contributed by atoms with E-state index in [1.807, 2.05) is 0 Å². The van der Waals surface area contributed by atoms with Crippen LogP contribution < -0.4 is 0 Å². The highest BCUT2D eigenvalue weighted by Crippen LogP contribution is 2.36. The Bertz CT molecular complexity index is 585. The molecule has 2 aliphatic heterocycles. The third kappa shape index (κ3) is 2.78. The van der Waals surface area contributed by atoms with Crippen LogP contribution in [0.3, 0.4) is 0 Å². The van der Waals surface area contributed by atoms with Crippen LogP contribution in [-0.4, -0.2) is 43.2 Å². The van der Waals surface area contributed by atoms with Crippen LogP contribution in [0.5, 0.6) is 0 Å². The molecule has 2 unspecified atom stereocenters. The summed E-state index contributed by atoms with van der Waals surface area (Å²) in [7, 11) is -4.12. The Morgan fingerprint density at radius 2 is 1.80 bits per heavy atom. The van der Waals surface area contributed by atoms with Crippen molar-refractivity contribution in [2.24, 2.45) is 5.92 Å². The van der Waals surface area contributed by atoms with Gasteiger partial charge in [0.1, 0.15) is 0 Å². The van der Waals surface area contributed by atoms with E-state index in [1.54, 1.807) is 12.1 Å². The van der Waals surface area contributed by atoms with Crippen LogP contribution in [-0.2, 0) is 26.0 Å².